The van der Waals surface area contributed by atoms with Gasteiger partial charge in [-0.25, -0.2) is 13.2 Å². The molecule has 0 unspecified atom stereocenters. The Morgan fingerprint density at radius 2 is 1.71 bits per heavy atom. The summed E-state index contributed by atoms with van der Waals surface area (Å²) in [6.45, 7) is 4.00. The highest BCUT2D eigenvalue weighted by molar-refractivity contribution is 8.00. The molecule has 3 nitrogen and oxygen atoms in total. The molecule has 0 aliphatic rings. The van der Waals surface area contributed by atoms with Gasteiger partial charge in [-0.3, -0.25) is 4.98 Å². The summed E-state index contributed by atoms with van der Waals surface area (Å²) >= 11 is 0.857. The minimum Gasteiger partial charge on any atom is -0.359 e. The number of alkyl halides is 3. The van der Waals surface area contributed by atoms with Crippen molar-refractivity contribution in [2.45, 2.75) is 24.9 Å². The summed E-state index contributed by atoms with van der Waals surface area (Å²) in [5, 5.41) is 0. The van der Waals surface area contributed by atoms with Gasteiger partial charge in [0.1, 0.15) is 17.5 Å². The van der Waals surface area contributed by atoms with Gasteiger partial charge in [0.15, 0.2) is 0 Å². The average Bonchev–Trinajstić information content (AvgIpc) is 3.12. The maximum atomic E-state index is 13.8. The standard InChI is InChI=1S/C16H9F6N3S.C2H6/c17-8-1-2-13(23-6-8)15-3-9(7-24-15)26-25-14-5-11(18)10(4-12(14)19)16(20,21)22;1-2/h1-7,24-25H;1-2H3. The van der Waals surface area contributed by atoms with E-state index in [0.717, 1.165) is 18.1 Å². The molecule has 0 spiro atoms. The summed E-state index contributed by atoms with van der Waals surface area (Å²) in [5.41, 5.74) is -1.08. The van der Waals surface area contributed by atoms with Crippen molar-refractivity contribution < 1.29 is 26.3 Å². The topological polar surface area (TPSA) is 40.7 Å². The van der Waals surface area contributed by atoms with Crippen LogP contribution >= 0.6 is 11.9 Å². The lowest BCUT2D eigenvalue weighted by atomic mass is 10.2. The zero-order chi connectivity index (χ0) is 20.9. The Labute approximate surface area is 161 Å². The zero-order valence-corrected chi connectivity index (χ0v) is 15.5. The second kappa shape index (κ2) is 9.05. The third-order valence-corrected chi connectivity index (χ3v) is 4.09. The number of benzene rings is 1. The molecule has 0 atom stereocenters. The number of halogens is 6. The summed E-state index contributed by atoms with van der Waals surface area (Å²) in [5.74, 6) is -3.30. The molecular weight excluding hydrogens is 404 g/mol. The van der Waals surface area contributed by atoms with E-state index in [-0.39, 0.29) is 6.07 Å². The number of nitrogens with one attached hydrogen (secondary N) is 2. The molecule has 0 aliphatic heterocycles. The Balaban J connectivity index is 0.00000136. The summed E-state index contributed by atoms with van der Waals surface area (Å²) < 4.78 is 80.2. The molecule has 3 aromatic rings. The normalized spacial score (nSPS) is 11.0. The number of H-pyrrole nitrogens is 1. The molecule has 3 rings (SSSR count). The lowest BCUT2D eigenvalue weighted by molar-refractivity contribution is -0.140. The number of pyridine rings is 1. The van der Waals surface area contributed by atoms with Gasteiger partial charge in [-0.15, -0.1) is 0 Å². The molecule has 150 valence electrons. The van der Waals surface area contributed by atoms with Crippen LogP contribution < -0.4 is 4.72 Å². The molecule has 0 fully saturated rings. The summed E-state index contributed by atoms with van der Waals surface area (Å²) in [4.78, 5) is 7.29. The average molecular weight is 419 g/mol. The third kappa shape index (κ3) is 5.22. The quantitative estimate of drug-likeness (QED) is 0.367. The highest BCUT2D eigenvalue weighted by atomic mass is 32.2. The number of aromatic nitrogens is 2. The van der Waals surface area contributed by atoms with Gasteiger partial charge in [0, 0.05) is 17.2 Å². The van der Waals surface area contributed by atoms with Crippen LogP contribution in [-0.2, 0) is 6.18 Å². The molecule has 2 N–H and O–H groups in total. The largest absolute Gasteiger partial charge is 0.419 e. The zero-order valence-electron chi connectivity index (χ0n) is 14.7. The predicted molar refractivity (Wildman–Crippen MR) is 96.2 cm³/mol. The molecule has 10 heteroatoms. The fourth-order valence-electron chi connectivity index (χ4n) is 2.07. The summed E-state index contributed by atoms with van der Waals surface area (Å²) in [6.07, 6.45) is -2.41. The Morgan fingerprint density at radius 1 is 1.00 bits per heavy atom. The number of anilines is 1. The van der Waals surface area contributed by atoms with Crippen LogP contribution in [0.1, 0.15) is 19.4 Å². The van der Waals surface area contributed by atoms with Crippen molar-refractivity contribution in [1.29, 1.82) is 0 Å². The van der Waals surface area contributed by atoms with Crippen LogP contribution in [0.5, 0.6) is 0 Å². The van der Waals surface area contributed by atoms with E-state index in [9.17, 15) is 26.3 Å². The molecule has 28 heavy (non-hydrogen) atoms. The van der Waals surface area contributed by atoms with Crippen molar-refractivity contribution in [1.82, 2.24) is 9.97 Å². The van der Waals surface area contributed by atoms with Crippen molar-refractivity contribution in [2.24, 2.45) is 0 Å². The van der Waals surface area contributed by atoms with Crippen LogP contribution in [0.15, 0.2) is 47.6 Å². The van der Waals surface area contributed by atoms with Gasteiger partial charge >= 0.3 is 6.18 Å². The van der Waals surface area contributed by atoms with Gasteiger partial charge in [0.05, 0.1) is 28.8 Å². The van der Waals surface area contributed by atoms with Crippen LogP contribution in [0.3, 0.4) is 0 Å². The van der Waals surface area contributed by atoms with E-state index < -0.39 is 34.9 Å². The molecule has 0 saturated carbocycles. The van der Waals surface area contributed by atoms with E-state index in [1.807, 2.05) is 13.8 Å². The second-order valence-electron chi connectivity index (χ2n) is 5.12. The monoisotopic (exact) mass is 419 g/mol. The number of aromatic amines is 1. The van der Waals surface area contributed by atoms with Crippen LogP contribution in [0.25, 0.3) is 11.4 Å². The van der Waals surface area contributed by atoms with Gasteiger partial charge in [-0.2, -0.15) is 13.2 Å². The first-order chi connectivity index (χ1) is 13.2. The Bertz CT molecular complexity index is 922. The minimum atomic E-state index is -4.98. The lowest BCUT2D eigenvalue weighted by Gasteiger charge is -2.11. The molecule has 0 bridgehead atoms. The first-order valence-electron chi connectivity index (χ1n) is 8.03. The predicted octanol–water partition coefficient (Wildman–Crippen LogP) is 6.66. The van der Waals surface area contributed by atoms with Gasteiger partial charge in [0.2, 0.25) is 0 Å². The summed E-state index contributed by atoms with van der Waals surface area (Å²) in [6, 6.07) is 4.84. The fourth-order valence-corrected chi connectivity index (χ4v) is 2.75. The Morgan fingerprint density at radius 3 is 2.32 bits per heavy atom. The van der Waals surface area contributed by atoms with Gasteiger partial charge in [-0.05, 0) is 36.2 Å². The van der Waals surface area contributed by atoms with Crippen LogP contribution in [0, 0.1) is 17.5 Å². The first kappa shape index (κ1) is 21.7. The number of rotatable bonds is 4. The fraction of sp³-hybridized carbons (Fsp3) is 0.167. The number of hydrogen-bond acceptors (Lipinski definition) is 3. The molecular formula is C18H15F6N3S. The highest BCUT2D eigenvalue weighted by Gasteiger charge is 2.35. The molecule has 0 saturated heterocycles. The van der Waals surface area contributed by atoms with E-state index in [1.165, 1.54) is 18.3 Å². The van der Waals surface area contributed by atoms with Crippen LogP contribution in [-0.4, -0.2) is 9.97 Å². The number of nitrogens with zero attached hydrogens (tertiary/aromatic N) is 1. The Kier molecular flexibility index (Phi) is 7.00. The van der Waals surface area contributed by atoms with E-state index in [4.69, 9.17) is 0 Å². The smallest absolute Gasteiger partial charge is 0.359 e. The van der Waals surface area contributed by atoms with Crippen molar-refractivity contribution in [2.75, 3.05) is 4.72 Å². The molecule has 2 heterocycles. The SMILES string of the molecule is CC.Fc1ccc(-c2cc(SNc3cc(F)c(C(F)(F)F)cc3F)c[nH]2)nc1. The molecule has 0 radical (unpaired) electrons. The van der Waals surface area contributed by atoms with Gasteiger partial charge < -0.3 is 9.71 Å². The molecule has 2 aromatic heterocycles. The van der Waals surface area contributed by atoms with Crippen LogP contribution in [0.2, 0.25) is 0 Å². The van der Waals surface area contributed by atoms with E-state index in [1.54, 1.807) is 6.07 Å². The lowest BCUT2D eigenvalue weighted by Crippen LogP contribution is -2.09. The van der Waals surface area contributed by atoms with E-state index in [2.05, 4.69) is 14.7 Å². The van der Waals surface area contributed by atoms with Crippen molar-refractivity contribution >= 4 is 17.6 Å². The molecule has 0 aliphatic carbocycles. The molecule has 1 aromatic carbocycles. The van der Waals surface area contributed by atoms with Crippen LogP contribution in [0.4, 0.5) is 32.0 Å². The Hall–Kier alpha value is -2.62. The van der Waals surface area contributed by atoms with Gasteiger partial charge in [-0.1, -0.05) is 13.8 Å². The third-order valence-electron chi connectivity index (χ3n) is 3.30. The highest BCUT2D eigenvalue weighted by Crippen LogP contribution is 2.35. The maximum Gasteiger partial charge on any atom is 0.419 e. The van der Waals surface area contributed by atoms with E-state index >= 15 is 0 Å². The second-order valence-corrected chi connectivity index (χ2v) is 6.00. The van der Waals surface area contributed by atoms with E-state index in [0.29, 0.717) is 22.3 Å². The van der Waals surface area contributed by atoms with Crippen molar-refractivity contribution in [3.63, 3.8) is 0 Å². The minimum absolute atomic E-state index is 0.100. The maximum absolute atomic E-state index is 13.8. The van der Waals surface area contributed by atoms with Crippen molar-refractivity contribution in [3.8, 4) is 11.4 Å². The first-order valence-corrected chi connectivity index (χ1v) is 8.85. The summed E-state index contributed by atoms with van der Waals surface area (Å²) in [7, 11) is 0. The number of hydrogen-bond donors (Lipinski definition) is 2. The van der Waals surface area contributed by atoms with Gasteiger partial charge in [0.25, 0.3) is 0 Å². The van der Waals surface area contributed by atoms with Crippen molar-refractivity contribution in [3.05, 3.63) is 65.7 Å². The molecule has 0 amide bonds.